The van der Waals surface area contributed by atoms with Crippen molar-refractivity contribution in [2.24, 2.45) is 5.41 Å². The molecule has 0 aromatic carbocycles. The van der Waals surface area contributed by atoms with E-state index >= 15 is 0 Å². The summed E-state index contributed by atoms with van der Waals surface area (Å²) in [5.41, 5.74) is -0.557. The largest absolute Gasteiger partial charge is 0.344 e. The first-order valence-electron chi connectivity index (χ1n) is 6.79. The van der Waals surface area contributed by atoms with E-state index in [1.165, 1.54) is 0 Å². The molecular formula is C13H22ClN3O3. The van der Waals surface area contributed by atoms with Gasteiger partial charge >= 0.3 is 0 Å². The van der Waals surface area contributed by atoms with Gasteiger partial charge < -0.3 is 10.6 Å². The highest BCUT2D eigenvalue weighted by Gasteiger charge is 2.40. The summed E-state index contributed by atoms with van der Waals surface area (Å²) in [6.07, 6.45) is 2.69. The van der Waals surface area contributed by atoms with Crippen LogP contribution < -0.4 is 16.0 Å². The molecule has 0 saturated carbocycles. The lowest BCUT2D eigenvalue weighted by Crippen LogP contribution is -2.57. The van der Waals surface area contributed by atoms with E-state index in [4.69, 9.17) is 0 Å². The van der Waals surface area contributed by atoms with E-state index < -0.39 is 17.4 Å². The van der Waals surface area contributed by atoms with Crippen molar-refractivity contribution in [1.29, 1.82) is 0 Å². The molecule has 2 rings (SSSR count). The van der Waals surface area contributed by atoms with Gasteiger partial charge in [0.15, 0.2) is 0 Å². The fourth-order valence-corrected chi connectivity index (χ4v) is 2.63. The van der Waals surface area contributed by atoms with E-state index in [1.807, 2.05) is 13.8 Å². The summed E-state index contributed by atoms with van der Waals surface area (Å²) in [5, 5.41) is 8.33. The smallest absolute Gasteiger partial charge is 0.249 e. The molecule has 0 aromatic rings. The zero-order chi connectivity index (χ0) is 14.0. The third kappa shape index (κ3) is 3.49. The molecule has 3 amide bonds. The molecule has 6 nitrogen and oxygen atoms in total. The number of carbonyl (C=O) groups is 3. The van der Waals surface area contributed by atoms with Crippen LogP contribution in [-0.4, -0.2) is 36.3 Å². The lowest BCUT2D eigenvalue weighted by atomic mass is 9.82. The molecule has 0 radical (unpaired) electrons. The zero-order valence-corrected chi connectivity index (χ0v) is 12.6. The number of rotatable bonds is 3. The second-order valence-corrected chi connectivity index (χ2v) is 5.85. The van der Waals surface area contributed by atoms with Crippen LogP contribution in [0.25, 0.3) is 0 Å². The molecule has 2 atom stereocenters. The van der Waals surface area contributed by atoms with Crippen LogP contribution in [0.1, 0.15) is 39.5 Å². The van der Waals surface area contributed by atoms with Crippen molar-refractivity contribution in [3.8, 4) is 0 Å². The van der Waals surface area contributed by atoms with Crippen LogP contribution in [0.15, 0.2) is 0 Å². The molecule has 2 aliphatic heterocycles. The number of halogens is 1. The Hall–Kier alpha value is -1.14. The van der Waals surface area contributed by atoms with E-state index in [2.05, 4.69) is 16.0 Å². The first-order valence-corrected chi connectivity index (χ1v) is 6.79. The van der Waals surface area contributed by atoms with Crippen molar-refractivity contribution < 1.29 is 14.4 Å². The van der Waals surface area contributed by atoms with Crippen molar-refractivity contribution in [3.63, 3.8) is 0 Å². The third-order valence-electron chi connectivity index (χ3n) is 4.06. The quantitative estimate of drug-likeness (QED) is 0.646. The van der Waals surface area contributed by atoms with Gasteiger partial charge in [0.25, 0.3) is 0 Å². The monoisotopic (exact) mass is 303 g/mol. The molecule has 0 spiro atoms. The van der Waals surface area contributed by atoms with Crippen LogP contribution in [0, 0.1) is 5.41 Å². The molecule has 2 aliphatic rings. The van der Waals surface area contributed by atoms with Crippen molar-refractivity contribution in [3.05, 3.63) is 0 Å². The number of hydrogen-bond donors (Lipinski definition) is 3. The normalized spacial score (nSPS) is 26.7. The minimum Gasteiger partial charge on any atom is -0.344 e. The van der Waals surface area contributed by atoms with Crippen molar-refractivity contribution in [1.82, 2.24) is 16.0 Å². The van der Waals surface area contributed by atoms with Crippen molar-refractivity contribution >= 4 is 30.1 Å². The Morgan fingerprint density at radius 3 is 2.55 bits per heavy atom. The van der Waals surface area contributed by atoms with Gasteiger partial charge in [0, 0.05) is 12.5 Å². The standard InChI is InChI=1S/C13H21N3O3.ClH/c1-13(2,9-4-3-7-14-9)12(19)15-8-5-6-10(17)16-11(8)18;/h8-9,14H,3-7H2,1-2H3,(H,15,19)(H,16,17,18);1H. The molecule has 20 heavy (non-hydrogen) atoms. The highest BCUT2D eigenvalue weighted by atomic mass is 35.5. The Balaban J connectivity index is 0.00000200. The molecule has 2 unspecified atom stereocenters. The summed E-state index contributed by atoms with van der Waals surface area (Å²) in [6, 6.07) is -0.452. The predicted octanol–water partition coefficient (Wildman–Crippen LogP) is 0.108. The number of imide groups is 1. The zero-order valence-electron chi connectivity index (χ0n) is 11.8. The molecule has 2 saturated heterocycles. The first kappa shape index (κ1) is 16.9. The Bertz CT molecular complexity index is 406. The Labute approximate surface area is 124 Å². The number of carbonyl (C=O) groups excluding carboxylic acids is 3. The molecule has 3 N–H and O–H groups in total. The maximum atomic E-state index is 12.3. The summed E-state index contributed by atoms with van der Waals surface area (Å²) in [5.74, 6) is -0.812. The maximum Gasteiger partial charge on any atom is 0.249 e. The Morgan fingerprint density at radius 2 is 2.00 bits per heavy atom. The van der Waals surface area contributed by atoms with Crippen LogP contribution in [0.4, 0.5) is 0 Å². The SMILES string of the molecule is CC(C)(C(=O)NC1CCC(=O)NC1=O)C1CCCN1.Cl. The summed E-state index contributed by atoms with van der Waals surface area (Å²) in [6.45, 7) is 4.70. The van der Waals surface area contributed by atoms with Crippen LogP contribution in [0.2, 0.25) is 0 Å². The maximum absolute atomic E-state index is 12.3. The molecule has 7 heteroatoms. The van der Waals surface area contributed by atoms with E-state index in [-0.39, 0.29) is 36.7 Å². The Kier molecular flexibility index (Phi) is 5.53. The summed E-state index contributed by atoms with van der Waals surface area (Å²) < 4.78 is 0. The van der Waals surface area contributed by atoms with E-state index in [0.29, 0.717) is 6.42 Å². The minimum absolute atomic E-state index is 0. The van der Waals surface area contributed by atoms with Crippen LogP contribution in [0.3, 0.4) is 0 Å². The molecular weight excluding hydrogens is 282 g/mol. The summed E-state index contributed by atoms with van der Waals surface area (Å²) in [7, 11) is 0. The number of piperidine rings is 1. The van der Waals surface area contributed by atoms with Gasteiger partial charge in [-0.2, -0.15) is 0 Å². The second kappa shape index (κ2) is 6.54. The van der Waals surface area contributed by atoms with Crippen molar-refractivity contribution in [2.75, 3.05) is 6.54 Å². The molecule has 2 heterocycles. The molecule has 0 bridgehead atoms. The van der Waals surface area contributed by atoms with Crippen LogP contribution in [0.5, 0.6) is 0 Å². The number of nitrogens with one attached hydrogen (secondary N) is 3. The summed E-state index contributed by atoms with van der Waals surface area (Å²) >= 11 is 0. The van der Waals surface area contributed by atoms with Gasteiger partial charge in [-0.1, -0.05) is 0 Å². The number of amides is 3. The van der Waals surface area contributed by atoms with Gasteiger partial charge in [-0.15, -0.1) is 12.4 Å². The lowest BCUT2D eigenvalue weighted by molar-refractivity contribution is -0.140. The predicted molar refractivity (Wildman–Crippen MR) is 76.4 cm³/mol. The van der Waals surface area contributed by atoms with Crippen LogP contribution in [-0.2, 0) is 14.4 Å². The van der Waals surface area contributed by atoms with E-state index in [0.717, 1.165) is 19.4 Å². The molecule has 114 valence electrons. The molecule has 0 aromatic heterocycles. The lowest BCUT2D eigenvalue weighted by Gasteiger charge is -2.32. The minimum atomic E-state index is -0.592. The van der Waals surface area contributed by atoms with Gasteiger partial charge in [-0.05, 0) is 39.7 Å². The number of hydrogen-bond acceptors (Lipinski definition) is 4. The average molecular weight is 304 g/mol. The highest BCUT2D eigenvalue weighted by Crippen LogP contribution is 2.27. The second-order valence-electron chi connectivity index (χ2n) is 5.85. The summed E-state index contributed by atoms with van der Waals surface area (Å²) in [4.78, 5) is 35.0. The van der Waals surface area contributed by atoms with Crippen molar-refractivity contribution in [2.45, 2.75) is 51.6 Å². The topological polar surface area (TPSA) is 87.3 Å². The Morgan fingerprint density at radius 1 is 1.30 bits per heavy atom. The average Bonchev–Trinajstić information content (AvgIpc) is 2.86. The van der Waals surface area contributed by atoms with Gasteiger partial charge in [0.1, 0.15) is 6.04 Å². The third-order valence-corrected chi connectivity index (χ3v) is 4.06. The molecule has 0 aliphatic carbocycles. The van der Waals surface area contributed by atoms with Gasteiger partial charge in [0.05, 0.1) is 5.41 Å². The van der Waals surface area contributed by atoms with Gasteiger partial charge in [0.2, 0.25) is 17.7 Å². The highest BCUT2D eigenvalue weighted by molar-refractivity contribution is 6.02. The van der Waals surface area contributed by atoms with E-state index in [1.54, 1.807) is 0 Å². The van der Waals surface area contributed by atoms with Gasteiger partial charge in [-0.25, -0.2) is 0 Å². The fourth-order valence-electron chi connectivity index (χ4n) is 2.63. The van der Waals surface area contributed by atoms with Gasteiger partial charge in [-0.3, -0.25) is 19.7 Å². The molecule has 2 fully saturated rings. The van der Waals surface area contributed by atoms with E-state index in [9.17, 15) is 14.4 Å². The van der Waals surface area contributed by atoms with Crippen LogP contribution >= 0.6 is 12.4 Å². The fraction of sp³-hybridized carbons (Fsp3) is 0.769. The first-order chi connectivity index (χ1) is 8.91.